The maximum absolute atomic E-state index is 9.85. The standard InChI is InChI=1S/C2H3N3O3S/c6-9(7)4-2-1-8-5-3-2/h1,4H,(H,6,7)/p-1. The fraction of sp³-hybridized carbons (Fsp3) is 0. The van der Waals surface area contributed by atoms with E-state index in [1.165, 1.54) is 0 Å². The minimum Gasteiger partial charge on any atom is -0.755 e. The third-order valence-corrected chi connectivity index (χ3v) is 0.924. The Morgan fingerprint density at radius 3 is 3.11 bits per heavy atom. The average Bonchev–Trinajstić information content (AvgIpc) is 2.15. The lowest BCUT2D eigenvalue weighted by Gasteiger charge is -2.01. The second kappa shape index (κ2) is 2.55. The van der Waals surface area contributed by atoms with Gasteiger partial charge in [-0.1, -0.05) is 5.10 Å². The van der Waals surface area contributed by atoms with Gasteiger partial charge in [-0.05, 0) is 0 Å². The molecule has 7 heteroatoms. The van der Waals surface area contributed by atoms with Crippen LogP contribution in [0.15, 0.2) is 10.8 Å². The van der Waals surface area contributed by atoms with Crippen molar-refractivity contribution in [1.29, 1.82) is 0 Å². The van der Waals surface area contributed by atoms with Gasteiger partial charge in [-0.2, -0.15) is 0 Å². The van der Waals surface area contributed by atoms with E-state index in [1.54, 1.807) is 0 Å². The van der Waals surface area contributed by atoms with Crippen LogP contribution in [0, 0.1) is 0 Å². The first kappa shape index (κ1) is 6.17. The third-order valence-electron chi connectivity index (χ3n) is 0.548. The van der Waals surface area contributed by atoms with Crippen LogP contribution in [-0.2, 0) is 11.3 Å². The first-order chi connectivity index (χ1) is 4.29. The maximum atomic E-state index is 9.85. The molecule has 0 saturated heterocycles. The van der Waals surface area contributed by atoms with Crippen LogP contribution < -0.4 is 4.72 Å². The number of nitrogens with one attached hydrogen (secondary N) is 1. The van der Waals surface area contributed by atoms with Crippen LogP contribution in [0.3, 0.4) is 0 Å². The van der Waals surface area contributed by atoms with E-state index in [0.29, 0.717) is 0 Å². The summed E-state index contributed by atoms with van der Waals surface area (Å²) in [5.41, 5.74) is 0. The van der Waals surface area contributed by atoms with Crippen LogP contribution in [0.1, 0.15) is 0 Å². The molecule has 0 saturated carbocycles. The highest BCUT2D eigenvalue weighted by molar-refractivity contribution is 7.80. The molecule has 1 aromatic heterocycles. The molecule has 0 aliphatic carbocycles. The molecule has 50 valence electrons. The summed E-state index contributed by atoms with van der Waals surface area (Å²) in [5.74, 6) is 0.0725. The number of aromatic nitrogens is 2. The Kier molecular flexibility index (Phi) is 1.75. The van der Waals surface area contributed by atoms with Crippen molar-refractivity contribution in [3.05, 3.63) is 6.26 Å². The first-order valence-electron chi connectivity index (χ1n) is 1.92. The molecule has 1 unspecified atom stereocenters. The summed E-state index contributed by atoms with van der Waals surface area (Å²) in [7, 11) is 0. The highest BCUT2D eigenvalue weighted by Crippen LogP contribution is 1.97. The van der Waals surface area contributed by atoms with E-state index in [0.717, 1.165) is 6.26 Å². The van der Waals surface area contributed by atoms with E-state index in [1.807, 2.05) is 4.72 Å². The fourth-order valence-electron chi connectivity index (χ4n) is 0.294. The molecular formula is C2H2N3O3S-. The lowest BCUT2D eigenvalue weighted by atomic mass is 10.8. The van der Waals surface area contributed by atoms with Gasteiger partial charge in [0, 0.05) is 16.5 Å². The molecule has 0 aliphatic heterocycles. The number of nitrogens with zero attached hydrogens (tertiary/aromatic N) is 2. The van der Waals surface area contributed by atoms with E-state index < -0.39 is 11.3 Å². The SMILES string of the molecule is O=S([O-])Nc1conn1. The van der Waals surface area contributed by atoms with Crippen molar-refractivity contribution in [2.24, 2.45) is 0 Å². The van der Waals surface area contributed by atoms with E-state index in [9.17, 15) is 8.76 Å². The predicted octanol–water partition coefficient (Wildman–Crippen LogP) is -0.724. The molecule has 0 bridgehead atoms. The van der Waals surface area contributed by atoms with Crippen LogP contribution in [0.4, 0.5) is 5.82 Å². The molecule has 0 aromatic carbocycles. The Morgan fingerprint density at radius 2 is 2.67 bits per heavy atom. The van der Waals surface area contributed by atoms with Crippen molar-refractivity contribution in [1.82, 2.24) is 10.4 Å². The molecule has 0 aliphatic rings. The molecule has 6 nitrogen and oxygen atoms in total. The lowest BCUT2D eigenvalue weighted by Crippen LogP contribution is -2.01. The summed E-state index contributed by atoms with van der Waals surface area (Å²) in [6.45, 7) is 0. The average molecular weight is 148 g/mol. The van der Waals surface area contributed by atoms with Crippen LogP contribution >= 0.6 is 0 Å². The van der Waals surface area contributed by atoms with Crippen molar-refractivity contribution in [3.8, 4) is 0 Å². The normalized spacial score (nSPS) is 13.0. The number of rotatable bonds is 2. The van der Waals surface area contributed by atoms with E-state index >= 15 is 0 Å². The minimum atomic E-state index is -2.36. The zero-order chi connectivity index (χ0) is 6.69. The molecule has 1 heterocycles. The number of anilines is 1. The Balaban J connectivity index is 2.58. The van der Waals surface area contributed by atoms with Crippen molar-refractivity contribution >= 4 is 17.1 Å². The second-order valence-electron chi connectivity index (χ2n) is 1.13. The van der Waals surface area contributed by atoms with Gasteiger partial charge in [0.25, 0.3) is 0 Å². The molecular weight excluding hydrogens is 146 g/mol. The Morgan fingerprint density at radius 1 is 1.89 bits per heavy atom. The summed E-state index contributed by atoms with van der Waals surface area (Å²) >= 11 is -2.36. The summed E-state index contributed by atoms with van der Waals surface area (Å²) in [5, 5.41) is 6.25. The zero-order valence-corrected chi connectivity index (χ0v) is 4.92. The van der Waals surface area contributed by atoms with E-state index in [2.05, 4.69) is 14.9 Å². The molecule has 0 radical (unpaired) electrons. The molecule has 0 amide bonds. The quantitative estimate of drug-likeness (QED) is 0.558. The van der Waals surface area contributed by atoms with Gasteiger partial charge in [-0.25, -0.2) is 0 Å². The largest absolute Gasteiger partial charge is 0.755 e. The van der Waals surface area contributed by atoms with Gasteiger partial charge >= 0.3 is 0 Å². The Bertz CT molecular complexity index is 197. The van der Waals surface area contributed by atoms with Crippen molar-refractivity contribution in [2.45, 2.75) is 0 Å². The van der Waals surface area contributed by atoms with Gasteiger partial charge in [0.1, 0.15) is 0 Å². The van der Waals surface area contributed by atoms with Gasteiger partial charge in [0.2, 0.25) is 5.82 Å². The van der Waals surface area contributed by atoms with E-state index in [4.69, 9.17) is 0 Å². The predicted molar refractivity (Wildman–Crippen MR) is 26.8 cm³/mol. The lowest BCUT2D eigenvalue weighted by molar-refractivity contribution is 0.393. The van der Waals surface area contributed by atoms with Crippen LogP contribution in [0.2, 0.25) is 0 Å². The zero-order valence-electron chi connectivity index (χ0n) is 4.10. The monoisotopic (exact) mass is 148 g/mol. The van der Waals surface area contributed by atoms with Crippen molar-refractivity contribution < 1.29 is 13.3 Å². The molecule has 1 rings (SSSR count). The van der Waals surface area contributed by atoms with Crippen LogP contribution in [0.25, 0.3) is 0 Å². The molecule has 0 spiro atoms. The summed E-state index contributed by atoms with van der Waals surface area (Å²) < 4.78 is 25.8. The van der Waals surface area contributed by atoms with E-state index in [-0.39, 0.29) is 5.82 Å². The van der Waals surface area contributed by atoms with Gasteiger partial charge in [-0.15, -0.1) is 0 Å². The minimum absolute atomic E-state index is 0.0725. The van der Waals surface area contributed by atoms with Gasteiger partial charge in [0.15, 0.2) is 6.26 Å². The topological polar surface area (TPSA) is 91.1 Å². The van der Waals surface area contributed by atoms with Gasteiger partial charge in [0.05, 0.1) is 0 Å². The maximum Gasteiger partial charge on any atom is 0.201 e. The first-order valence-corrected chi connectivity index (χ1v) is 2.99. The third kappa shape index (κ3) is 1.78. The Labute approximate surface area is 52.6 Å². The van der Waals surface area contributed by atoms with Crippen molar-refractivity contribution in [3.63, 3.8) is 0 Å². The fourth-order valence-corrected chi connectivity index (χ4v) is 0.554. The second-order valence-corrected chi connectivity index (χ2v) is 1.80. The molecule has 0 fully saturated rings. The molecule has 9 heavy (non-hydrogen) atoms. The van der Waals surface area contributed by atoms with Crippen LogP contribution in [0.5, 0.6) is 0 Å². The van der Waals surface area contributed by atoms with Crippen molar-refractivity contribution in [2.75, 3.05) is 4.72 Å². The number of hydrogen-bond donors (Lipinski definition) is 1. The highest BCUT2D eigenvalue weighted by Gasteiger charge is 1.92. The van der Waals surface area contributed by atoms with Crippen LogP contribution in [-0.4, -0.2) is 19.1 Å². The molecule has 1 atom stereocenters. The summed E-state index contributed by atoms with van der Waals surface area (Å²) in [6.07, 6.45) is 1.08. The van der Waals surface area contributed by atoms with Gasteiger partial charge < -0.3 is 9.08 Å². The highest BCUT2D eigenvalue weighted by atomic mass is 32.2. The molecule has 1 aromatic rings. The smallest absolute Gasteiger partial charge is 0.201 e. The molecule has 1 N–H and O–H groups in total. The summed E-state index contributed by atoms with van der Waals surface area (Å²) in [6, 6.07) is 0. The number of hydrogen-bond acceptors (Lipinski definition) is 5. The van der Waals surface area contributed by atoms with Gasteiger partial charge in [-0.3, -0.25) is 8.93 Å². The summed E-state index contributed by atoms with van der Waals surface area (Å²) in [4.78, 5) is 0. The Hall–Kier alpha value is -0.950.